The highest BCUT2D eigenvalue weighted by atomic mass is 32.2. The van der Waals surface area contributed by atoms with E-state index in [1.807, 2.05) is 16.6 Å². The molecule has 7 heteroatoms. The Bertz CT molecular complexity index is 737. The summed E-state index contributed by atoms with van der Waals surface area (Å²) in [5.41, 5.74) is 1.43. The number of tetrazole rings is 1. The molecule has 0 atom stereocenters. The fraction of sp³-hybridized carbons (Fsp3) is 0.579. The van der Waals surface area contributed by atoms with Crippen molar-refractivity contribution in [3.63, 3.8) is 0 Å². The first-order valence-electron chi connectivity index (χ1n) is 9.43. The van der Waals surface area contributed by atoms with Gasteiger partial charge >= 0.3 is 0 Å². The van der Waals surface area contributed by atoms with Gasteiger partial charge in [-0.1, -0.05) is 42.1 Å². The highest BCUT2D eigenvalue weighted by molar-refractivity contribution is 7.99. The van der Waals surface area contributed by atoms with E-state index in [4.69, 9.17) is 0 Å². The van der Waals surface area contributed by atoms with E-state index in [1.54, 1.807) is 0 Å². The molecule has 0 radical (unpaired) electrons. The molecule has 2 saturated carbocycles. The zero-order valence-electron chi connectivity index (χ0n) is 15.1. The minimum Gasteiger partial charge on any atom is -0.342 e. The lowest BCUT2D eigenvalue weighted by molar-refractivity contribution is -0.129. The van der Waals surface area contributed by atoms with Gasteiger partial charge in [0.2, 0.25) is 11.1 Å². The maximum absolute atomic E-state index is 12.6. The fourth-order valence-corrected chi connectivity index (χ4v) is 4.65. The number of rotatable bonds is 6. The van der Waals surface area contributed by atoms with Crippen molar-refractivity contribution in [3.05, 3.63) is 35.9 Å². The summed E-state index contributed by atoms with van der Waals surface area (Å²) in [6, 6.07) is 11.5. The number of hydrogen-bond donors (Lipinski definition) is 0. The molecular weight excluding hydrogens is 346 g/mol. The molecule has 2 aliphatic carbocycles. The Hall–Kier alpha value is -1.89. The van der Waals surface area contributed by atoms with E-state index >= 15 is 0 Å². The van der Waals surface area contributed by atoms with E-state index < -0.39 is 0 Å². The Morgan fingerprint density at radius 2 is 1.88 bits per heavy atom. The topological polar surface area (TPSA) is 63.9 Å². The summed E-state index contributed by atoms with van der Waals surface area (Å²) in [5.74, 6) is 1.21. The van der Waals surface area contributed by atoms with Gasteiger partial charge in [-0.3, -0.25) is 4.79 Å². The Morgan fingerprint density at radius 1 is 1.15 bits per heavy atom. The first kappa shape index (κ1) is 17.5. The van der Waals surface area contributed by atoms with Crippen LogP contribution in [0.3, 0.4) is 0 Å². The lowest BCUT2D eigenvalue weighted by Gasteiger charge is -2.35. The van der Waals surface area contributed by atoms with Crippen molar-refractivity contribution in [1.29, 1.82) is 0 Å². The number of carbonyl (C=O) groups is 1. The van der Waals surface area contributed by atoms with Crippen molar-refractivity contribution in [1.82, 2.24) is 25.1 Å². The van der Waals surface area contributed by atoms with Gasteiger partial charge in [0, 0.05) is 13.1 Å². The lowest BCUT2D eigenvalue weighted by Crippen LogP contribution is -2.40. The van der Waals surface area contributed by atoms with Gasteiger partial charge in [-0.15, -0.1) is 5.10 Å². The number of amides is 1. The van der Waals surface area contributed by atoms with Crippen LogP contribution in [0.5, 0.6) is 0 Å². The van der Waals surface area contributed by atoms with Crippen molar-refractivity contribution in [2.45, 2.75) is 61.7 Å². The average molecular weight is 372 g/mol. The summed E-state index contributed by atoms with van der Waals surface area (Å²) in [7, 11) is 1.94. The quantitative estimate of drug-likeness (QED) is 0.729. The van der Waals surface area contributed by atoms with Gasteiger partial charge in [-0.2, -0.15) is 0 Å². The molecule has 0 aliphatic heterocycles. The minimum absolute atomic E-state index is 0.170. The lowest BCUT2D eigenvalue weighted by atomic mass is 9.81. The van der Waals surface area contributed by atoms with Gasteiger partial charge in [0.25, 0.3) is 0 Å². The molecule has 1 heterocycles. The zero-order chi connectivity index (χ0) is 17.9. The Morgan fingerprint density at radius 3 is 2.58 bits per heavy atom. The monoisotopic (exact) mass is 371 g/mol. The van der Waals surface area contributed by atoms with Crippen LogP contribution in [0, 0.1) is 0 Å². The normalized spacial score (nSPS) is 23.0. The third-order valence-corrected chi connectivity index (χ3v) is 6.51. The average Bonchev–Trinajstić information content (AvgIpc) is 3.44. The second-order valence-corrected chi connectivity index (χ2v) is 8.29. The molecule has 4 rings (SSSR count). The van der Waals surface area contributed by atoms with Crippen molar-refractivity contribution >= 4 is 17.7 Å². The molecule has 0 saturated heterocycles. The summed E-state index contributed by atoms with van der Waals surface area (Å²) in [5, 5.41) is 12.6. The molecule has 0 spiro atoms. The molecule has 1 aromatic heterocycles. The summed E-state index contributed by atoms with van der Waals surface area (Å²) < 4.78 is 1.86. The van der Waals surface area contributed by atoms with Crippen molar-refractivity contribution < 1.29 is 4.79 Å². The molecule has 2 aliphatic rings. The third-order valence-electron chi connectivity index (χ3n) is 5.59. The SMILES string of the molecule is CN(C(=O)CSc1nnnn1C1CC1)C1CCC(c2ccccc2)CC1. The number of carbonyl (C=O) groups excluding carboxylic acids is 1. The van der Waals surface area contributed by atoms with E-state index in [0.717, 1.165) is 43.7 Å². The van der Waals surface area contributed by atoms with Crippen LogP contribution in [0.15, 0.2) is 35.5 Å². The maximum Gasteiger partial charge on any atom is 0.233 e. The van der Waals surface area contributed by atoms with Gasteiger partial charge in [-0.25, -0.2) is 4.68 Å². The second-order valence-electron chi connectivity index (χ2n) is 7.35. The number of nitrogens with zero attached hydrogens (tertiary/aromatic N) is 5. The van der Waals surface area contributed by atoms with Crippen molar-refractivity contribution in [3.8, 4) is 0 Å². The largest absolute Gasteiger partial charge is 0.342 e. The molecule has 0 unspecified atom stereocenters. The van der Waals surface area contributed by atoms with Crippen LogP contribution >= 0.6 is 11.8 Å². The molecule has 2 aromatic rings. The molecule has 26 heavy (non-hydrogen) atoms. The molecular formula is C19H25N5OS. The summed E-state index contributed by atoms with van der Waals surface area (Å²) in [6.45, 7) is 0. The predicted octanol–water partition coefficient (Wildman–Crippen LogP) is 3.28. The standard InChI is InChI=1S/C19H25N5OS/c1-23(16-9-7-15(8-10-16)14-5-3-2-4-6-14)18(25)13-26-19-20-21-22-24(19)17-11-12-17/h2-6,15-17H,7-13H2,1H3. The maximum atomic E-state index is 12.6. The fourth-order valence-electron chi connectivity index (χ4n) is 3.78. The zero-order valence-corrected chi connectivity index (χ0v) is 15.9. The number of benzene rings is 1. The first-order valence-corrected chi connectivity index (χ1v) is 10.4. The molecule has 0 N–H and O–H groups in total. The summed E-state index contributed by atoms with van der Waals surface area (Å²) in [6.07, 6.45) is 6.73. The highest BCUT2D eigenvalue weighted by Crippen LogP contribution is 2.37. The van der Waals surface area contributed by atoms with Crippen LogP contribution in [-0.4, -0.2) is 49.9 Å². The van der Waals surface area contributed by atoms with Crippen LogP contribution < -0.4 is 0 Å². The Kier molecular flexibility index (Phi) is 5.24. The second kappa shape index (κ2) is 7.78. The minimum atomic E-state index is 0.170. The van der Waals surface area contributed by atoms with E-state index in [9.17, 15) is 4.79 Å². The molecule has 0 bridgehead atoms. The van der Waals surface area contributed by atoms with E-state index in [1.165, 1.54) is 17.3 Å². The number of hydrogen-bond acceptors (Lipinski definition) is 5. The van der Waals surface area contributed by atoms with Gasteiger partial charge < -0.3 is 4.90 Å². The van der Waals surface area contributed by atoms with Crippen molar-refractivity contribution in [2.24, 2.45) is 0 Å². The van der Waals surface area contributed by atoms with E-state index in [2.05, 4.69) is 45.9 Å². The molecule has 138 valence electrons. The smallest absolute Gasteiger partial charge is 0.233 e. The number of aromatic nitrogens is 4. The molecule has 2 fully saturated rings. The van der Waals surface area contributed by atoms with Crippen LogP contribution in [0.4, 0.5) is 0 Å². The van der Waals surface area contributed by atoms with Crippen LogP contribution in [0.1, 0.15) is 56.0 Å². The van der Waals surface area contributed by atoms with Crippen molar-refractivity contribution in [2.75, 3.05) is 12.8 Å². The highest BCUT2D eigenvalue weighted by Gasteiger charge is 2.30. The van der Waals surface area contributed by atoms with Crippen LogP contribution in [0.25, 0.3) is 0 Å². The van der Waals surface area contributed by atoms with E-state index in [0.29, 0.717) is 23.8 Å². The van der Waals surface area contributed by atoms with Crippen LogP contribution in [-0.2, 0) is 4.79 Å². The summed E-state index contributed by atoms with van der Waals surface area (Å²) >= 11 is 1.46. The van der Waals surface area contributed by atoms with Crippen LogP contribution in [0.2, 0.25) is 0 Å². The van der Waals surface area contributed by atoms with Gasteiger partial charge in [0.15, 0.2) is 0 Å². The van der Waals surface area contributed by atoms with Gasteiger partial charge in [-0.05, 0) is 60.4 Å². The predicted molar refractivity (Wildman–Crippen MR) is 101 cm³/mol. The first-order chi connectivity index (χ1) is 12.7. The third kappa shape index (κ3) is 3.92. The van der Waals surface area contributed by atoms with Gasteiger partial charge in [0.05, 0.1) is 11.8 Å². The van der Waals surface area contributed by atoms with Gasteiger partial charge in [0.1, 0.15) is 0 Å². The Balaban J connectivity index is 1.27. The summed E-state index contributed by atoms with van der Waals surface area (Å²) in [4.78, 5) is 14.6. The molecule has 1 aromatic carbocycles. The molecule has 1 amide bonds. The Labute approximate surface area is 158 Å². The number of thioether (sulfide) groups is 1. The van der Waals surface area contributed by atoms with E-state index in [-0.39, 0.29) is 5.91 Å². The molecule has 6 nitrogen and oxygen atoms in total.